The second kappa shape index (κ2) is 8.70. The monoisotopic (exact) mass is 346 g/mol. The summed E-state index contributed by atoms with van der Waals surface area (Å²) in [6.45, 7) is 12.5. The van der Waals surface area contributed by atoms with Crippen LogP contribution in [0.25, 0.3) is 0 Å². The number of rotatable bonds is 6. The number of ether oxygens (including phenoxy) is 1. The van der Waals surface area contributed by atoms with Crippen molar-refractivity contribution in [2.75, 3.05) is 19.6 Å². The van der Waals surface area contributed by atoms with Gasteiger partial charge in [-0.15, -0.1) is 0 Å². The Morgan fingerprint density at radius 1 is 1.28 bits per heavy atom. The molecule has 1 N–H and O–H groups in total. The molecular weight excluding hydrogens is 312 g/mol. The highest BCUT2D eigenvalue weighted by atomic mass is 16.6. The first-order valence-corrected chi connectivity index (χ1v) is 9.64. The first-order chi connectivity index (χ1) is 11.8. The minimum absolute atomic E-state index is 0.191. The van der Waals surface area contributed by atoms with Gasteiger partial charge < -0.3 is 15.0 Å². The van der Waals surface area contributed by atoms with Crippen molar-refractivity contribution in [3.63, 3.8) is 0 Å². The Hall–Kier alpha value is -1.55. The largest absolute Gasteiger partial charge is 0.444 e. The molecule has 2 rings (SSSR count). The third-order valence-corrected chi connectivity index (χ3v) is 4.65. The molecule has 0 spiro atoms. The highest BCUT2D eigenvalue weighted by Crippen LogP contribution is 2.31. The summed E-state index contributed by atoms with van der Waals surface area (Å²) in [6.07, 6.45) is 3.11. The fourth-order valence-electron chi connectivity index (χ4n) is 3.51. The Morgan fingerprint density at radius 2 is 1.96 bits per heavy atom. The van der Waals surface area contributed by atoms with E-state index in [4.69, 9.17) is 4.74 Å². The second-order valence-corrected chi connectivity index (χ2v) is 8.00. The van der Waals surface area contributed by atoms with Crippen LogP contribution in [0.5, 0.6) is 0 Å². The lowest BCUT2D eigenvalue weighted by molar-refractivity contribution is 0.0285. The topological polar surface area (TPSA) is 41.6 Å². The normalized spacial score (nSPS) is 19.1. The van der Waals surface area contributed by atoms with Crippen LogP contribution in [0.4, 0.5) is 4.79 Å². The number of hydrogen-bond acceptors (Lipinski definition) is 3. The van der Waals surface area contributed by atoms with Crippen molar-refractivity contribution in [1.29, 1.82) is 0 Å². The van der Waals surface area contributed by atoms with Gasteiger partial charge in [-0.05, 0) is 57.2 Å². The number of nitrogens with zero attached hydrogens (tertiary/aromatic N) is 1. The number of hydrogen-bond donors (Lipinski definition) is 1. The molecule has 1 aliphatic rings. The van der Waals surface area contributed by atoms with Gasteiger partial charge in [-0.3, -0.25) is 0 Å². The van der Waals surface area contributed by atoms with Crippen molar-refractivity contribution < 1.29 is 9.53 Å². The molecule has 2 atom stereocenters. The van der Waals surface area contributed by atoms with E-state index >= 15 is 0 Å². The molecule has 1 amide bonds. The molecule has 1 saturated heterocycles. The van der Waals surface area contributed by atoms with Crippen molar-refractivity contribution in [1.82, 2.24) is 10.2 Å². The zero-order valence-corrected chi connectivity index (χ0v) is 16.5. The van der Waals surface area contributed by atoms with Crippen molar-refractivity contribution in [3.05, 3.63) is 35.4 Å². The fraction of sp³-hybridized carbons (Fsp3) is 0.667. The predicted octanol–water partition coefficient (Wildman–Crippen LogP) is 4.55. The number of carbonyl (C=O) groups is 1. The number of aryl methyl sites for hydroxylation is 1. The van der Waals surface area contributed by atoms with Gasteiger partial charge in [0, 0.05) is 19.1 Å². The average Bonchev–Trinajstić information content (AvgIpc) is 3.02. The van der Waals surface area contributed by atoms with Crippen LogP contribution >= 0.6 is 0 Å². The maximum atomic E-state index is 12.3. The summed E-state index contributed by atoms with van der Waals surface area (Å²) in [5, 5.41) is 3.62. The smallest absolute Gasteiger partial charge is 0.410 e. The maximum absolute atomic E-state index is 12.3. The third-order valence-electron chi connectivity index (χ3n) is 4.65. The maximum Gasteiger partial charge on any atom is 0.410 e. The Bertz CT molecular complexity index is 548. The number of nitrogens with one attached hydrogen (secondary N) is 1. The Morgan fingerprint density at radius 3 is 2.52 bits per heavy atom. The van der Waals surface area contributed by atoms with Gasteiger partial charge in [0.05, 0.1) is 0 Å². The van der Waals surface area contributed by atoms with Gasteiger partial charge in [0.2, 0.25) is 0 Å². The van der Waals surface area contributed by atoms with Crippen LogP contribution in [0.2, 0.25) is 0 Å². The SMILES string of the molecule is CCCc1ccc(C(NCC)C2CCN(C(=O)OC(C)(C)C)C2)cc1. The molecule has 1 aliphatic heterocycles. The molecule has 0 saturated carbocycles. The van der Waals surface area contributed by atoms with Gasteiger partial charge >= 0.3 is 6.09 Å². The van der Waals surface area contributed by atoms with E-state index in [9.17, 15) is 4.79 Å². The van der Waals surface area contributed by atoms with Gasteiger partial charge in [-0.25, -0.2) is 4.79 Å². The number of carbonyl (C=O) groups excluding carboxylic acids is 1. The minimum atomic E-state index is -0.439. The molecule has 1 fully saturated rings. The summed E-state index contributed by atoms with van der Waals surface area (Å²) >= 11 is 0. The molecule has 1 heterocycles. The lowest BCUT2D eigenvalue weighted by Gasteiger charge is -2.27. The van der Waals surface area contributed by atoms with E-state index in [2.05, 4.69) is 43.4 Å². The number of likely N-dealkylation sites (tertiary alicyclic amines) is 1. The number of amides is 1. The first-order valence-electron chi connectivity index (χ1n) is 9.64. The summed E-state index contributed by atoms with van der Waals surface area (Å²) in [5.41, 5.74) is 2.27. The van der Waals surface area contributed by atoms with Crippen molar-refractivity contribution in [3.8, 4) is 0 Å². The molecule has 1 aromatic carbocycles. The third kappa shape index (κ3) is 5.74. The highest BCUT2D eigenvalue weighted by Gasteiger charge is 2.34. The van der Waals surface area contributed by atoms with E-state index in [1.165, 1.54) is 17.5 Å². The van der Waals surface area contributed by atoms with E-state index in [1.807, 2.05) is 25.7 Å². The van der Waals surface area contributed by atoms with Crippen LogP contribution in [0, 0.1) is 5.92 Å². The molecule has 2 unspecified atom stereocenters. The molecule has 4 nitrogen and oxygen atoms in total. The molecule has 0 aromatic heterocycles. The Balaban J connectivity index is 2.04. The van der Waals surface area contributed by atoms with Crippen LogP contribution in [0.1, 0.15) is 64.6 Å². The van der Waals surface area contributed by atoms with Gasteiger partial charge in [-0.1, -0.05) is 44.5 Å². The molecule has 0 aliphatic carbocycles. The molecule has 0 bridgehead atoms. The summed E-state index contributed by atoms with van der Waals surface area (Å²) in [5.74, 6) is 0.421. The summed E-state index contributed by atoms with van der Waals surface area (Å²) < 4.78 is 5.52. The Labute approximate surface area is 152 Å². The lowest BCUT2D eigenvalue weighted by Crippen LogP contribution is -2.36. The van der Waals surface area contributed by atoms with Crippen molar-refractivity contribution in [2.45, 2.75) is 65.5 Å². The van der Waals surface area contributed by atoms with E-state index < -0.39 is 5.60 Å². The zero-order valence-electron chi connectivity index (χ0n) is 16.5. The van der Waals surface area contributed by atoms with Gasteiger partial charge in [-0.2, -0.15) is 0 Å². The van der Waals surface area contributed by atoms with Crippen LogP contribution in [0.15, 0.2) is 24.3 Å². The lowest BCUT2D eigenvalue weighted by atomic mass is 9.91. The molecule has 0 radical (unpaired) electrons. The highest BCUT2D eigenvalue weighted by molar-refractivity contribution is 5.68. The standard InChI is InChI=1S/C21H34N2O2/c1-6-8-16-9-11-17(12-10-16)19(22-7-2)18-13-14-23(15-18)20(24)25-21(3,4)5/h9-12,18-19,22H,6-8,13-15H2,1-5H3. The van der Waals surface area contributed by atoms with E-state index in [0.29, 0.717) is 5.92 Å². The predicted molar refractivity (Wildman–Crippen MR) is 103 cm³/mol. The fourth-order valence-corrected chi connectivity index (χ4v) is 3.51. The quantitative estimate of drug-likeness (QED) is 0.822. The summed E-state index contributed by atoms with van der Waals surface area (Å²) in [7, 11) is 0. The van der Waals surface area contributed by atoms with Crippen LogP contribution in [0.3, 0.4) is 0 Å². The minimum Gasteiger partial charge on any atom is -0.444 e. The Kier molecular flexibility index (Phi) is 6.88. The molecular formula is C21H34N2O2. The second-order valence-electron chi connectivity index (χ2n) is 8.00. The van der Waals surface area contributed by atoms with Crippen LogP contribution < -0.4 is 5.32 Å². The van der Waals surface area contributed by atoms with E-state index in [-0.39, 0.29) is 12.1 Å². The van der Waals surface area contributed by atoms with E-state index in [1.54, 1.807) is 0 Å². The first kappa shape index (κ1) is 19.8. The molecule has 140 valence electrons. The average molecular weight is 347 g/mol. The van der Waals surface area contributed by atoms with Gasteiger partial charge in [0.15, 0.2) is 0 Å². The molecule has 4 heteroatoms. The zero-order chi connectivity index (χ0) is 18.4. The van der Waals surface area contributed by atoms with Crippen molar-refractivity contribution >= 4 is 6.09 Å². The van der Waals surface area contributed by atoms with Gasteiger partial charge in [0.25, 0.3) is 0 Å². The summed E-state index contributed by atoms with van der Waals surface area (Å²) in [4.78, 5) is 14.2. The molecule has 25 heavy (non-hydrogen) atoms. The van der Waals surface area contributed by atoms with Crippen molar-refractivity contribution in [2.24, 2.45) is 5.92 Å². The van der Waals surface area contributed by atoms with Gasteiger partial charge in [0.1, 0.15) is 5.60 Å². The van der Waals surface area contributed by atoms with Crippen LogP contribution in [-0.2, 0) is 11.2 Å². The van der Waals surface area contributed by atoms with E-state index in [0.717, 1.165) is 32.5 Å². The van der Waals surface area contributed by atoms with Crippen LogP contribution in [-0.4, -0.2) is 36.2 Å². The molecule has 1 aromatic rings. The summed E-state index contributed by atoms with van der Waals surface area (Å²) in [6, 6.07) is 9.25. The number of benzene rings is 1.